The Hall–Kier alpha value is -0.340. The number of hydrogen-bond donors (Lipinski definition) is 3. The molecule has 22 heavy (non-hydrogen) atoms. The number of carbonyl (C=O) groups is 1. The Morgan fingerprint density at radius 3 is 2.68 bits per heavy atom. The molecule has 0 aromatic carbocycles. The SMILES string of the molecule is C=C1NC(=O)C(I)=CN1[C@@H]1OC(CCP(=C)(C)C)[C@@H](O)[C@H]1O. The van der Waals surface area contributed by atoms with Crippen molar-refractivity contribution < 1.29 is 19.7 Å². The van der Waals surface area contributed by atoms with E-state index in [0.717, 1.165) is 6.16 Å². The van der Waals surface area contributed by atoms with Crippen LogP contribution in [0.3, 0.4) is 0 Å². The van der Waals surface area contributed by atoms with Gasteiger partial charge in [0.2, 0.25) is 0 Å². The summed E-state index contributed by atoms with van der Waals surface area (Å²) < 4.78 is 6.29. The van der Waals surface area contributed by atoms with Crippen molar-refractivity contribution >= 4 is 41.7 Å². The van der Waals surface area contributed by atoms with Crippen molar-refractivity contribution in [1.29, 1.82) is 0 Å². The Morgan fingerprint density at radius 1 is 1.45 bits per heavy atom. The zero-order chi connectivity index (χ0) is 16.7. The number of hydrogen-bond acceptors (Lipinski definition) is 5. The summed E-state index contributed by atoms with van der Waals surface area (Å²) in [6.45, 7) is 6.78. The molecule has 0 aromatic rings. The summed E-state index contributed by atoms with van der Waals surface area (Å²) >= 11 is 1.90. The van der Waals surface area contributed by atoms with Gasteiger partial charge in [-0.1, -0.05) is 6.58 Å². The van der Waals surface area contributed by atoms with Crippen LogP contribution in [0.2, 0.25) is 0 Å². The van der Waals surface area contributed by atoms with Gasteiger partial charge in [-0.25, -0.2) is 0 Å². The number of aliphatic hydroxyl groups excluding tert-OH is 2. The van der Waals surface area contributed by atoms with E-state index < -0.39 is 31.4 Å². The van der Waals surface area contributed by atoms with Gasteiger partial charge in [-0.15, -0.1) is 13.2 Å². The average molecular weight is 440 g/mol. The highest BCUT2D eigenvalue weighted by Crippen LogP contribution is 2.38. The Morgan fingerprint density at radius 2 is 2.09 bits per heavy atom. The first-order chi connectivity index (χ1) is 10.1. The average Bonchev–Trinajstić information content (AvgIpc) is 2.68. The number of carbonyl (C=O) groups excluding carboxylic acids is 1. The Bertz CT molecular complexity index is 559. The second-order valence-corrected chi connectivity index (χ2v) is 11.8. The molecule has 0 saturated carbocycles. The normalized spacial score (nSPS) is 33.0. The summed E-state index contributed by atoms with van der Waals surface area (Å²) in [6.07, 6.45) is 4.00. The molecule has 0 bridgehead atoms. The monoisotopic (exact) mass is 440 g/mol. The fraction of sp³-hybridized carbons (Fsp3) is 0.571. The van der Waals surface area contributed by atoms with Crippen LogP contribution in [0.25, 0.3) is 0 Å². The number of nitrogens with zero attached hydrogens (tertiary/aromatic N) is 1. The second-order valence-electron chi connectivity index (χ2n) is 6.28. The van der Waals surface area contributed by atoms with Crippen LogP contribution in [-0.2, 0) is 9.53 Å². The predicted molar refractivity (Wildman–Crippen MR) is 97.3 cm³/mol. The number of aliphatic hydroxyl groups is 2. The highest BCUT2D eigenvalue weighted by molar-refractivity contribution is 14.1. The number of amides is 1. The van der Waals surface area contributed by atoms with E-state index in [-0.39, 0.29) is 5.91 Å². The van der Waals surface area contributed by atoms with Crippen molar-refractivity contribution in [1.82, 2.24) is 10.2 Å². The molecule has 0 spiro atoms. The van der Waals surface area contributed by atoms with E-state index >= 15 is 0 Å². The van der Waals surface area contributed by atoms with Gasteiger partial charge in [0.15, 0.2) is 6.23 Å². The third-order valence-electron chi connectivity index (χ3n) is 3.67. The Kier molecular flexibility index (Phi) is 5.44. The lowest BCUT2D eigenvalue weighted by molar-refractivity contribution is -0.118. The molecule has 1 amide bonds. The minimum absolute atomic E-state index is 0.241. The maximum absolute atomic E-state index is 11.6. The quantitative estimate of drug-likeness (QED) is 0.444. The van der Waals surface area contributed by atoms with Crippen LogP contribution < -0.4 is 5.32 Å². The molecule has 8 heteroatoms. The van der Waals surface area contributed by atoms with Crippen molar-refractivity contribution in [3.63, 3.8) is 0 Å². The molecule has 1 saturated heterocycles. The van der Waals surface area contributed by atoms with Gasteiger partial charge in [0.1, 0.15) is 18.0 Å². The van der Waals surface area contributed by atoms with E-state index in [4.69, 9.17) is 4.74 Å². The van der Waals surface area contributed by atoms with Crippen molar-refractivity contribution in [2.45, 2.75) is 31.0 Å². The second kappa shape index (κ2) is 6.65. The zero-order valence-electron chi connectivity index (χ0n) is 12.7. The van der Waals surface area contributed by atoms with E-state index in [9.17, 15) is 15.0 Å². The first kappa shape index (κ1) is 18.0. The summed E-state index contributed by atoms with van der Waals surface area (Å²) in [6, 6.07) is 0. The molecule has 2 heterocycles. The van der Waals surface area contributed by atoms with Crippen LogP contribution in [-0.4, -0.2) is 71.4 Å². The highest BCUT2D eigenvalue weighted by atomic mass is 127. The minimum atomic E-state index is -1.22. The largest absolute Gasteiger partial charge is 0.388 e. The maximum Gasteiger partial charge on any atom is 0.264 e. The summed E-state index contributed by atoms with van der Waals surface area (Å²) in [7, 11) is 0. The molecule has 0 radical (unpaired) electrons. The van der Waals surface area contributed by atoms with Crippen molar-refractivity contribution in [2.24, 2.45) is 0 Å². The van der Waals surface area contributed by atoms with Crippen LogP contribution in [0, 0.1) is 0 Å². The van der Waals surface area contributed by atoms with Gasteiger partial charge in [-0.2, -0.15) is 0 Å². The molecule has 6 nitrogen and oxygen atoms in total. The Labute approximate surface area is 144 Å². The van der Waals surface area contributed by atoms with E-state index in [0.29, 0.717) is 15.8 Å². The van der Waals surface area contributed by atoms with Gasteiger partial charge in [-0.3, -0.25) is 4.79 Å². The molecule has 0 aliphatic carbocycles. The number of nitrogens with one attached hydrogen (secondary N) is 1. The lowest BCUT2D eigenvalue weighted by Crippen LogP contribution is -2.47. The fourth-order valence-corrected chi connectivity index (χ4v) is 3.80. The molecule has 124 valence electrons. The molecule has 0 aromatic heterocycles. The van der Waals surface area contributed by atoms with Crippen molar-refractivity contribution in [3.8, 4) is 0 Å². The van der Waals surface area contributed by atoms with E-state index in [1.165, 1.54) is 0 Å². The van der Waals surface area contributed by atoms with Crippen molar-refractivity contribution in [3.05, 3.63) is 22.2 Å². The van der Waals surface area contributed by atoms with Gasteiger partial charge in [0.05, 0.1) is 9.68 Å². The minimum Gasteiger partial charge on any atom is -0.388 e. The molecule has 2 aliphatic heterocycles. The van der Waals surface area contributed by atoms with Crippen LogP contribution in [0.15, 0.2) is 22.2 Å². The highest BCUT2D eigenvalue weighted by Gasteiger charge is 2.46. The molecule has 1 unspecified atom stereocenters. The van der Waals surface area contributed by atoms with Gasteiger partial charge < -0.3 is 25.2 Å². The number of halogens is 1. The third-order valence-corrected chi connectivity index (χ3v) is 5.91. The molecular weight excluding hydrogens is 418 g/mol. The van der Waals surface area contributed by atoms with Crippen LogP contribution in [0.1, 0.15) is 6.42 Å². The Balaban J connectivity index is 2.11. The predicted octanol–water partition coefficient (Wildman–Crippen LogP) is 0.712. The maximum atomic E-state index is 11.6. The third kappa shape index (κ3) is 3.94. The van der Waals surface area contributed by atoms with Gasteiger partial charge >= 0.3 is 0 Å². The van der Waals surface area contributed by atoms with Crippen molar-refractivity contribution in [2.75, 3.05) is 19.5 Å². The van der Waals surface area contributed by atoms with Crippen LogP contribution in [0.5, 0.6) is 0 Å². The molecule has 4 atom stereocenters. The number of rotatable bonds is 4. The first-order valence-corrected chi connectivity index (χ1v) is 11.1. The fourth-order valence-electron chi connectivity index (χ4n) is 2.42. The smallest absolute Gasteiger partial charge is 0.264 e. The molecule has 2 aliphatic rings. The zero-order valence-corrected chi connectivity index (χ0v) is 15.8. The lowest BCUT2D eigenvalue weighted by Gasteiger charge is -2.33. The molecule has 2 rings (SSSR count). The van der Waals surface area contributed by atoms with Gasteiger partial charge in [0.25, 0.3) is 5.91 Å². The van der Waals surface area contributed by atoms with Crippen LogP contribution >= 0.6 is 29.5 Å². The van der Waals surface area contributed by atoms with E-state index in [2.05, 4.69) is 31.5 Å². The van der Waals surface area contributed by atoms with E-state index in [1.807, 2.05) is 22.6 Å². The van der Waals surface area contributed by atoms with Crippen LogP contribution in [0.4, 0.5) is 0 Å². The van der Waals surface area contributed by atoms with E-state index in [1.54, 1.807) is 11.1 Å². The molecule has 3 N–H and O–H groups in total. The summed E-state index contributed by atoms with van der Waals surface area (Å²) in [5.74, 6) is 0.0855. The van der Waals surface area contributed by atoms with Gasteiger partial charge in [-0.05, 0) is 48.5 Å². The number of ether oxygens (including phenoxy) is 1. The summed E-state index contributed by atoms with van der Waals surface area (Å²) in [4.78, 5) is 13.1. The standard InChI is InChI=1S/C14H22IN2O4P/c1-8-16-13(20)9(15)7-17(8)14-12(19)11(18)10(21-14)5-6-22(2,3)4/h7,10-12,14,18-19H,1-2,5-6H2,3-4H3,(H,16,20)/t10?,11-,12-,14-/m1/s1. The van der Waals surface area contributed by atoms with Gasteiger partial charge in [0, 0.05) is 6.20 Å². The lowest BCUT2D eigenvalue weighted by atomic mass is 10.1. The first-order valence-electron chi connectivity index (χ1n) is 6.95. The summed E-state index contributed by atoms with van der Waals surface area (Å²) in [5, 5.41) is 23.1. The topological polar surface area (TPSA) is 82.0 Å². The molecule has 1 fully saturated rings. The summed E-state index contributed by atoms with van der Waals surface area (Å²) in [5.41, 5.74) is 0. The molecular formula is C14H22IN2O4P.